The van der Waals surface area contributed by atoms with Gasteiger partial charge in [-0.05, 0) is 44.2 Å². The normalized spacial score (nSPS) is 16.3. The Morgan fingerprint density at radius 3 is 2.27 bits per heavy atom. The van der Waals surface area contributed by atoms with Crippen molar-refractivity contribution in [3.63, 3.8) is 0 Å². The van der Waals surface area contributed by atoms with Crippen LogP contribution in [0.4, 0.5) is 22.0 Å². The van der Waals surface area contributed by atoms with Gasteiger partial charge in [0.15, 0.2) is 0 Å². The lowest BCUT2D eigenvalue weighted by molar-refractivity contribution is 0.0526. The monoisotopic (exact) mass is 601 g/mol. The van der Waals surface area contributed by atoms with Crippen LogP contribution in [0.3, 0.4) is 0 Å². The van der Waals surface area contributed by atoms with Gasteiger partial charge in [-0.25, -0.2) is 19.2 Å². The maximum atomic E-state index is 13.9. The molecule has 2 saturated heterocycles. The number of halogens is 3. The molecule has 0 amide bonds. The van der Waals surface area contributed by atoms with Gasteiger partial charge in [-0.3, -0.25) is 4.90 Å². The summed E-state index contributed by atoms with van der Waals surface area (Å²) in [6, 6.07) is 8.21. The Morgan fingerprint density at radius 2 is 1.61 bits per heavy atom. The quantitative estimate of drug-likeness (QED) is 0.331. The van der Waals surface area contributed by atoms with Crippen LogP contribution in [0.15, 0.2) is 36.5 Å². The lowest BCUT2D eigenvalue weighted by Gasteiger charge is -2.37. The predicted octanol–water partition coefficient (Wildman–Crippen LogP) is 5.02. The Morgan fingerprint density at radius 1 is 0.902 bits per heavy atom. The molecule has 2 fully saturated rings. The maximum absolute atomic E-state index is 13.9. The number of rotatable bonds is 8. The van der Waals surface area contributed by atoms with Crippen molar-refractivity contribution in [2.75, 3.05) is 80.2 Å². The minimum Gasteiger partial charge on any atom is -0.462 e. The van der Waals surface area contributed by atoms with E-state index in [4.69, 9.17) is 37.9 Å². The van der Waals surface area contributed by atoms with Crippen LogP contribution in [0.25, 0.3) is 11.3 Å². The third kappa shape index (κ3) is 6.82. The fourth-order valence-corrected chi connectivity index (χ4v) is 5.62. The van der Waals surface area contributed by atoms with Crippen molar-refractivity contribution in [2.24, 2.45) is 0 Å². The van der Waals surface area contributed by atoms with Crippen molar-refractivity contribution >= 4 is 46.8 Å². The summed E-state index contributed by atoms with van der Waals surface area (Å²) in [5, 5.41) is 0.468. The third-order valence-corrected chi connectivity index (χ3v) is 7.92. The number of ether oxygens (including phenoxy) is 1. The maximum Gasteiger partial charge on any atom is 0.339 e. The van der Waals surface area contributed by atoms with Crippen LogP contribution in [0.2, 0.25) is 10.0 Å². The molecule has 12 heteroatoms. The SMILES string of the molecule is CCCN1CCN(c2nc(-c3ccc(F)c(Cl)c3)cc(N3CCN(c4ncc(C(=O)OCC)cc4Cl)CC3)n2)CC1. The van der Waals surface area contributed by atoms with Crippen LogP contribution in [0.5, 0.6) is 0 Å². The molecule has 0 spiro atoms. The summed E-state index contributed by atoms with van der Waals surface area (Å²) in [5.41, 5.74) is 1.77. The van der Waals surface area contributed by atoms with E-state index in [9.17, 15) is 9.18 Å². The molecule has 2 aliphatic heterocycles. The molecule has 0 atom stereocenters. The van der Waals surface area contributed by atoms with Crippen molar-refractivity contribution in [2.45, 2.75) is 20.3 Å². The Kier molecular flexibility index (Phi) is 9.42. The van der Waals surface area contributed by atoms with E-state index >= 15 is 0 Å². The highest BCUT2D eigenvalue weighted by Crippen LogP contribution is 2.30. The second kappa shape index (κ2) is 13.2. The van der Waals surface area contributed by atoms with Gasteiger partial charge in [0.2, 0.25) is 5.95 Å². The molecule has 3 aromatic rings. The average molecular weight is 603 g/mol. The van der Waals surface area contributed by atoms with E-state index in [2.05, 4.69) is 31.5 Å². The molecular weight excluding hydrogens is 568 g/mol. The van der Waals surface area contributed by atoms with Gasteiger partial charge in [0.05, 0.1) is 27.9 Å². The van der Waals surface area contributed by atoms with Crippen molar-refractivity contribution in [1.82, 2.24) is 19.9 Å². The number of piperazine rings is 2. The van der Waals surface area contributed by atoms with Crippen molar-refractivity contribution in [3.8, 4) is 11.3 Å². The van der Waals surface area contributed by atoms with Crippen LogP contribution < -0.4 is 14.7 Å². The zero-order valence-corrected chi connectivity index (χ0v) is 24.8. The van der Waals surface area contributed by atoms with Crippen LogP contribution in [-0.4, -0.2) is 91.3 Å². The number of hydrogen-bond acceptors (Lipinski definition) is 9. The molecule has 4 heterocycles. The molecule has 0 unspecified atom stereocenters. The smallest absolute Gasteiger partial charge is 0.339 e. The molecular formula is C29H34Cl2FN7O2. The van der Waals surface area contributed by atoms with Crippen LogP contribution >= 0.6 is 23.2 Å². The van der Waals surface area contributed by atoms with E-state index in [1.807, 2.05) is 6.07 Å². The number of hydrogen-bond donors (Lipinski definition) is 0. The van der Waals surface area contributed by atoms with Gasteiger partial charge in [0, 0.05) is 70.2 Å². The summed E-state index contributed by atoms with van der Waals surface area (Å²) in [6.45, 7) is 11.6. The molecule has 1 aromatic carbocycles. The van der Waals surface area contributed by atoms with Gasteiger partial charge in [-0.15, -0.1) is 0 Å². The summed E-state index contributed by atoms with van der Waals surface area (Å²) in [7, 11) is 0. The predicted molar refractivity (Wildman–Crippen MR) is 161 cm³/mol. The number of benzene rings is 1. The van der Waals surface area contributed by atoms with E-state index < -0.39 is 11.8 Å². The van der Waals surface area contributed by atoms with E-state index in [0.717, 1.165) is 50.5 Å². The standard InChI is InChI=1S/C29H34Cl2FN7O2/c1-3-7-36-8-10-39(11-9-36)29-34-25(20-5-6-24(32)22(30)16-20)18-26(35-29)37-12-14-38(15-13-37)27-23(31)17-21(19-33-27)28(40)41-4-2/h5-6,16-19H,3-4,7-15H2,1-2H3. The first-order chi connectivity index (χ1) is 19.9. The molecule has 218 valence electrons. The van der Waals surface area contributed by atoms with Gasteiger partial charge >= 0.3 is 5.97 Å². The van der Waals surface area contributed by atoms with Crippen molar-refractivity contribution < 1.29 is 13.9 Å². The summed E-state index contributed by atoms with van der Waals surface area (Å²) in [6.07, 6.45) is 2.63. The van der Waals surface area contributed by atoms with Crippen LogP contribution in [0.1, 0.15) is 30.6 Å². The van der Waals surface area contributed by atoms with Gasteiger partial charge in [-0.2, -0.15) is 4.98 Å². The molecule has 41 heavy (non-hydrogen) atoms. The summed E-state index contributed by atoms with van der Waals surface area (Å²) < 4.78 is 19.0. The molecule has 0 N–H and O–H groups in total. The Bertz CT molecular complexity index is 1380. The average Bonchev–Trinajstić information content (AvgIpc) is 2.99. The molecule has 0 saturated carbocycles. The lowest BCUT2D eigenvalue weighted by Crippen LogP contribution is -2.48. The number of pyridine rings is 1. The summed E-state index contributed by atoms with van der Waals surface area (Å²) >= 11 is 12.6. The number of nitrogens with zero attached hydrogens (tertiary/aromatic N) is 7. The first-order valence-corrected chi connectivity index (χ1v) is 14.8. The minimum atomic E-state index is -0.462. The van der Waals surface area contributed by atoms with Gasteiger partial charge in [0.1, 0.15) is 17.5 Å². The van der Waals surface area contributed by atoms with E-state index in [1.54, 1.807) is 25.1 Å². The molecule has 5 rings (SSSR count). The second-order valence-corrected chi connectivity index (χ2v) is 10.9. The highest BCUT2D eigenvalue weighted by Gasteiger charge is 2.25. The first-order valence-electron chi connectivity index (χ1n) is 14.0. The Labute approximate surface area is 249 Å². The molecule has 0 aliphatic carbocycles. The number of carbonyl (C=O) groups is 1. The van der Waals surface area contributed by atoms with Gasteiger partial charge < -0.3 is 19.4 Å². The fraction of sp³-hybridized carbons (Fsp3) is 0.448. The number of carbonyl (C=O) groups excluding carboxylic acids is 1. The lowest BCUT2D eigenvalue weighted by atomic mass is 10.1. The Hall–Kier alpha value is -3.21. The van der Waals surface area contributed by atoms with E-state index in [1.165, 1.54) is 12.3 Å². The summed E-state index contributed by atoms with van der Waals surface area (Å²) in [5.74, 6) is 1.20. The fourth-order valence-electron chi connectivity index (χ4n) is 5.15. The first kappa shape index (κ1) is 29.3. The number of anilines is 3. The molecule has 9 nitrogen and oxygen atoms in total. The van der Waals surface area contributed by atoms with Crippen molar-refractivity contribution in [1.29, 1.82) is 0 Å². The van der Waals surface area contributed by atoms with Crippen LogP contribution in [0, 0.1) is 5.82 Å². The highest BCUT2D eigenvalue weighted by molar-refractivity contribution is 6.33. The summed E-state index contributed by atoms with van der Waals surface area (Å²) in [4.78, 5) is 35.4. The highest BCUT2D eigenvalue weighted by atomic mass is 35.5. The zero-order chi connectivity index (χ0) is 28.9. The minimum absolute atomic E-state index is 0.0596. The van der Waals surface area contributed by atoms with E-state index in [0.29, 0.717) is 54.2 Å². The third-order valence-electron chi connectivity index (χ3n) is 7.35. The number of aromatic nitrogens is 3. The van der Waals surface area contributed by atoms with Gasteiger partial charge in [0.25, 0.3) is 0 Å². The number of esters is 1. The molecule has 0 radical (unpaired) electrons. The largest absolute Gasteiger partial charge is 0.462 e. The van der Waals surface area contributed by atoms with Crippen molar-refractivity contribution in [3.05, 3.63) is 58.0 Å². The van der Waals surface area contributed by atoms with Gasteiger partial charge in [-0.1, -0.05) is 30.1 Å². The zero-order valence-electron chi connectivity index (χ0n) is 23.3. The topological polar surface area (TPSA) is 77.9 Å². The van der Waals surface area contributed by atoms with E-state index in [-0.39, 0.29) is 11.6 Å². The molecule has 2 aromatic heterocycles. The van der Waals surface area contributed by atoms with Crippen LogP contribution in [-0.2, 0) is 4.74 Å². The molecule has 2 aliphatic rings. The second-order valence-electron chi connectivity index (χ2n) is 10.1. The molecule has 0 bridgehead atoms. The Balaban J connectivity index is 1.36.